The molecule has 1 aliphatic rings. The number of benzene rings is 2. The Kier molecular flexibility index (Phi) is 6.01. The molecule has 0 aromatic heterocycles. The Bertz CT molecular complexity index is 895. The van der Waals surface area contributed by atoms with Gasteiger partial charge in [-0.2, -0.15) is 0 Å². The topological polar surface area (TPSA) is 65.0 Å². The van der Waals surface area contributed by atoms with Gasteiger partial charge in [-0.05, 0) is 29.7 Å². The van der Waals surface area contributed by atoms with Crippen LogP contribution in [-0.4, -0.2) is 45.7 Å². The van der Waals surface area contributed by atoms with Crippen LogP contribution in [0.15, 0.2) is 59.6 Å². The van der Waals surface area contributed by atoms with E-state index in [0.717, 1.165) is 17.2 Å². The van der Waals surface area contributed by atoms with Gasteiger partial charge in [0.05, 0.1) is 18.0 Å². The number of hydrogen-bond donors (Lipinski definition) is 1. The molecule has 1 aliphatic heterocycles. The molecule has 1 saturated heterocycles. The maximum Gasteiger partial charge on any atom is 0.235 e. The van der Waals surface area contributed by atoms with Crippen LogP contribution in [0.4, 0.5) is 5.69 Å². The van der Waals surface area contributed by atoms with Gasteiger partial charge in [0.25, 0.3) is 0 Å². The molecule has 0 saturated carbocycles. The van der Waals surface area contributed by atoms with E-state index in [0.29, 0.717) is 26.1 Å². The van der Waals surface area contributed by atoms with Crippen molar-refractivity contribution in [3.05, 3.63) is 65.7 Å². The molecule has 0 atom stereocenters. The molecule has 7 heteroatoms. The smallest absolute Gasteiger partial charge is 0.235 e. The number of nitrogens with zero attached hydrogens (tertiary/aromatic N) is 3. The van der Waals surface area contributed by atoms with E-state index in [1.54, 1.807) is 0 Å². The number of sulfonamides is 1. The third-order valence-electron chi connectivity index (χ3n) is 4.43. The van der Waals surface area contributed by atoms with E-state index in [4.69, 9.17) is 0 Å². The minimum atomic E-state index is -3.16. The molecule has 0 radical (unpaired) electrons. The fraction of sp³-hybridized carbons (Fsp3) is 0.350. The summed E-state index contributed by atoms with van der Waals surface area (Å²) in [5, 5.41) is 3.36. The Hall–Kier alpha value is -2.54. The number of rotatable bonds is 5. The van der Waals surface area contributed by atoms with Gasteiger partial charge >= 0.3 is 0 Å². The number of anilines is 1. The van der Waals surface area contributed by atoms with E-state index in [1.165, 1.54) is 9.87 Å². The first-order valence-electron chi connectivity index (χ1n) is 9.04. The maximum atomic E-state index is 12.1. The van der Waals surface area contributed by atoms with Crippen LogP contribution in [0.25, 0.3) is 0 Å². The third-order valence-corrected chi connectivity index (χ3v) is 6.30. The third kappa shape index (κ3) is 5.01. The summed E-state index contributed by atoms with van der Waals surface area (Å²) in [5.74, 6) is 1.02. The van der Waals surface area contributed by atoms with Gasteiger partial charge in [0.1, 0.15) is 0 Å². The summed E-state index contributed by atoms with van der Waals surface area (Å²) in [6, 6.07) is 17.8. The van der Waals surface area contributed by atoms with Crippen molar-refractivity contribution >= 4 is 21.7 Å². The Morgan fingerprint density at radius 1 is 1.11 bits per heavy atom. The fourth-order valence-corrected chi connectivity index (χ4v) is 4.59. The van der Waals surface area contributed by atoms with Crippen molar-refractivity contribution < 1.29 is 8.42 Å². The largest absolute Gasteiger partial charge is 0.352 e. The number of nitrogens with one attached hydrogen (secondary N) is 1. The maximum absolute atomic E-state index is 12.1. The molecule has 144 valence electrons. The quantitative estimate of drug-likeness (QED) is 0.633. The van der Waals surface area contributed by atoms with Gasteiger partial charge in [0, 0.05) is 27.2 Å². The van der Waals surface area contributed by atoms with Crippen LogP contribution in [0, 0.1) is 0 Å². The molecule has 0 amide bonds. The summed E-state index contributed by atoms with van der Waals surface area (Å²) >= 11 is 0. The number of aliphatic imine (C=N–C) groups is 1. The molecule has 0 spiro atoms. The van der Waals surface area contributed by atoms with E-state index >= 15 is 0 Å². The average Bonchev–Trinajstić information content (AvgIpc) is 3.01. The zero-order valence-electron chi connectivity index (χ0n) is 15.8. The molecule has 0 aliphatic carbocycles. The van der Waals surface area contributed by atoms with Gasteiger partial charge in [0.15, 0.2) is 5.96 Å². The molecule has 2 aromatic carbocycles. The van der Waals surface area contributed by atoms with Gasteiger partial charge in [0.2, 0.25) is 10.0 Å². The second-order valence-electron chi connectivity index (χ2n) is 6.79. The Labute approximate surface area is 161 Å². The van der Waals surface area contributed by atoms with E-state index in [2.05, 4.69) is 22.4 Å². The van der Waals surface area contributed by atoms with Crippen molar-refractivity contribution in [2.24, 2.45) is 4.99 Å². The molecule has 1 heterocycles. The lowest BCUT2D eigenvalue weighted by atomic mass is 10.2. The van der Waals surface area contributed by atoms with Crippen LogP contribution in [0.2, 0.25) is 0 Å². The van der Waals surface area contributed by atoms with Crippen LogP contribution in [0.3, 0.4) is 0 Å². The average molecular weight is 387 g/mol. The second kappa shape index (κ2) is 8.43. The standard InChI is InChI=1S/C20H26N4O2S/c1-23(2)20(21-15-17-8-4-3-5-9-17)22-16-18-10-6-11-19(14-18)24-12-7-13-27(24,25)26/h3-6,8-11,14H,7,12-13,15-16H2,1-2H3,(H,21,22). The summed E-state index contributed by atoms with van der Waals surface area (Å²) in [6.07, 6.45) is 0.679. The van der Waals surface area contributed by atoms with Crippen molar-refractivity contribution in [3.8, 4) is 0 Å². The van der Waals surface area contributed by atoms with E-state index in [9.17, 15) is 8.42 Å². The van der Waals surface area contributed by atoms with Crippen molar-refractivity contribution in [2.45, 2.75) is 19.5 Å². The fourth-order valence-electron chi connectivity index (χ4n) is 3.04. The summed E-state index contributed by atoms with van der Waals surface area (Å²) < 4.78 is 25.8. The van der Waals surface area contributed by atoms with Crippen molar-refractivity contribution in [1.82, 2.24) is 10.2 Å². The molecule has 0 unspecified atom stereocenters. The monoisotopic (exact) mass is 386 g/mol. The summed E-state index contributed by atoms with van der Waals surface area (Å²) in [5.41, 5.74) is 2.90. The Morgan fingerprint density at radius 3 is 2.52 bits per heavy atom. The van der Waals surface area contributed by atoms with Crippen LogP contribution >= 0.6 is 0 Å². The number of guanidine groups is 1. The van der Waals surface area contributed by atoms with Crippen molar-refractivity contribution in [3.63, 3.8) is 0 Å². The minimum Gasteiger partial charge on any atom is -0.352 e. The first-order valence-corrected chi connectivity index (χ1v) is 10.7. The molecule has 0 bridgehead atoms. The Balaban J connectivity index is 1.70. The zero-order chi connectivity index (χ0) is 19.3. The lowest BCUT2D eigenvalue weighted by Gasteiger charge is -2.19. The first kappa shape index (κ1) is 19.2. The van der Waals surface area contributed by atoms with E-state index in [1.807, 2.05) is 61.5 Å². The molecule has 2 aromatic rings. The van der Waals surface area contributed by atoms with Crippen LogP contribution in [0.1, 0.15) is 17.5 Å². The SMILES string of the molecule is CN(C)C(=NCc1cccc(N2CCCS2(=O)=O)c1)NCc1ccccc1. The van der Waals surface area contributed by atoms with Crippen LogP contribution in [0.5, 0.6) is 0 Å². The highest BCUT2D eigenvalue weighted by molar-refractivity contribution is 7.93. The van der Waals surface area contributed by atoms with Gasteiger partial charge in [-0.3, -0.25) is 4.31 Å². The zero-order valence-corrected chi connectivity index (χ0v) is 16.6. The molecule has 3 rings (SSSR count). The van der Waals surface area contributed by atoms with Gasteiger partial charge in [-0.25, -0.2) is 13.4 Å². The predicted octanol–water partition coefficient (Wildman–Crippen LogP) is 2.43. The lowest BCUT2D eigenvalue weighted by molar-refractivity contribution is 0.578. The van der Waals surface area contributed by atoms with E-state index in [-0.39, 0.29) is 5.75 Å². The summed E-state index contributed by atoms with van der Waals surface area (Å²) in [4.78, 5) is 6.62. The predicted molar refractivity (Wildman–Crippen MR) is 110 cm³/mol. The lowest BCUT2D eigenvalue weighted by Crippen LogP contribution is -2.36. The van der Waals surface area contributed by atoms with E-state index < -0.39 is 10.0 Å². The van der Waals surface area contributed by atoms with Gasteiger partial charge in [-0.1, -0.05) is 42.5 Å². The normalized spacial score (nSPS) is 16.4. The molecule has 1 fully saturated rings. The molecule has 1 N–H and O–H groups in total. The van der Waals surface area contributed by atoms with Crippen molar-refractivity contribution in [1.29, 1.82) is 0 Å². The Morgan fingerprint density at radius 2 is 1.85 bits per heavy atom. The second-order valence-corrected chi connectivity index (χ2v) is 8.80. The summed E-state index contributed by atoms with van der Waals surface area (Å²) in [7, 11) is 0.733. The number of hydrogen-bond acceptors (Lipinski definition) is 3. The van der Waals surface area contributed by atoms with Crippen molar-refractivity contribution in [2.75, 3.05) is 30.7 Å². The molecule has 27 heavy (non-hydrogen) atoms. The highest BCUT2D eigenvalue weighted by Gasteiger charge is 2.28. The minimum absolute atomic E-state index is 0.226. The van der Waals surface area contributed by atoms with Crippen LogP contribution in [-0.2, 0) is 23.1 Å². The molecular weight excluding hydrogens is 360 g/mol. The van der Waals surface area contributed by atoms with Gasteiger partial charge < -0.3 is 10.2 Å². The first-order chi connectivity index (χ1) is 13.0. The molecule has 6 nitrogen and oxygen atoms in total. The highest BCUT2D eigenvalue weighted by Crippen LogP contribution is 2.24. The summed E-state index contributed by atoms with van der Waals surface area (Å²) in [6.45, 7) is 1.73. The van der Waals surface area contributed by atoms with Gasteiger partial charge in [-0.15, -0.1) is 0 Å². The highest BCUT2D eigenvalue weighted by atomic mass is 32.2. The molecular formula is C20H26N4O2S. The van der Waals surface area contributed by atoms with Crippen LogP contribution < -0.4 is 9.62 Å².